The van der Waals surface area contributed by atoms with Crippen molar-refractivity contribution in [2.24, 2.45) is 0 Å². The summed E-state index contributed by atoms with van der Waals surface area (Å²) >= 11 is 9.96. The van der Waals surface area contributed by atoms with Crippen LogP contribution in [0.5, 0.6) is 0 Å². The second kappa shape index (κ2) is 6.40. The number of ether oxygens (including phenoxy) is 1. The lowest BCUT2D eigenvalue weighted by molar-refractivity contribution is -0.137. The maximum atomic E-state index is 10.7. The summed E-state index contributed by atoms with van der Waals surface area (Å²) in [5, 5.41) is 0.475. The molecule has 0 aromatic carbocycles. The molecule has 3 nitrogen and oxygen atoms in total. The van der Waals surface area contributed by atoms with Crippen LogP contribution in [-0.4, -0.2) is 32.9 Å². The molecular weight excluding hydrogens is 250 g/mol. The summed E-state index contributed by atoms with van der Waals surface area (Å²) in [7, 11) is 0. The smallest absolute Gasteiger partial charge is 0.230 e. The number of carbonyl (C=O) groups is 1. The molecule has 0 aromatic rings. The van der Waals surface area contributed by atoms with E-state index in [-0.39, 0.29) is 5.91 Å². The molecule has 15 heavy (non-hydrogen) atoms. The van der Waals surface area contributed by atoms with Crippen molar-refractivity contribution in [1.29, 1.82) is 0 Å². The molecule has 0 bridgehead atoms. The first-order chi connectivity index (χ1) is 7.15. The molecule has 1 saturated heterocycles. The Balaban J connectivity index is 0.000000167. The summed E-state index contributed by atoms with van der Waals surface area (Å²) in [5.74, 6) is 1.33. The summed E-state index contributed by atoms with van der Waals surface area (Å²) in [6.07, 6.45) is 4.67. The standard InChI is InChI=1S/C6H7NOS.C3H6OS2/c8-5-4-6-7(5)2-1-3-9-6;1-2-4-3(5)6/h1-2,6H,3-4H2;2H2,1H3,(H,5,6)/t6-;/m1./s1. The van der Waals surface area contributed by atoms with E-state index in [2.05, 4.69) is 29.6 Å². The van der Waals surface area contributed by atoms with E-state index in [1.54, 1.807) is 4.90 Å². The average Bonchev–Trinajstić information content (AvgIpc) is 2.17. The average molecular weight is 263 g/mol. The van der Waals surface area contributed by atoms with Crippen LogP contribution in [0.15, 0.2) is 12.3 Å². The summed E-state index contributed by atoms with van der Waals surface area (Å²) < 4.78 is 4.95. The van der Waals surface area contributed by atoms with Crippen LogP contribution >= 0.6 is 36.6 Å². The van der Waals surface area contributed by atoms with Gasteiger partial charge in [0.05, 0.1) is 18.4 Å². The Morgan fingerprint density at radius 1 is 1.87 bits per heavy atom. The van der Waals surface area contributed by atoms with E-state index in [9.17, 15) is 4.79 Å². The zero-order valence-electron chi connectivity index (χ0n) is 8.38. The summed E-state index contributed by atoms with van der Waals surface area (Å²) in [6.45, 7) is 2.48. The van der Waals surface area contributed by atoms with Crippen molar-refractivity contribution in [2.45, 2.75) is 18.7 Å². The third-order valence-corrected chi connectivity index (χ3v) is 3.28. The van der Waals surface area contributed by atoms with Crippen molar-refractivity contribution in [2.75, 3.05) is 12.4 Å². The van der Waals surface area contributed by atoms with E-state index in [0.717, 1.165) is 12.2 Å². The Morgan fingerprint density at radius 2 is 2.60 bits per heavy atom. The number of fused-ring (bicyclic) bond motifs is 1. The molecule has 1 fully saturated rings. The molecule has 6 heteroatoms. The molecule has 2 aliphatic rings. The number of amides is 1. The fraction of sp³-hybridized carbons (Fsp3) is 0.556. The summed E-state index contributed by atoms with van der Waals surface area (Å²) in [6, 6.07) is 0. The highest BCUT2D eigenvalue weighted by atomic mass is 32.2. The largest absolute Gasteiger partial charge is 0.479 e. The van der Waals surface area contributed by atoms with Crippen molar-refractivity contribution < 1.29 is 9.53 Å². The molecule has 0 aromatic heterocycles. The number of thiocarbonyl (C=S) groups is 1. The van der Waals surface area contributed by atoms with Crippen molar-refractivity contribution in [3.63, 3.8) is 0 Å². The molecule has 2 aliphatic heterocycles. The number of thioether (sulfide) groups is 1. The highest BCUT2D eigenvalue weighted by molar-refractivity contribution is 8.10. The Morgan fingerprint density at radius 3 is 2.93 bits per heavy atom. The minimum absolute atomic E-state index is 0.267. The minimum Gasteiger partial charge on any atom is -0.479 e. The van der Waals surface area contributed by atoms with Gasteiger partial charge in [0, 0.05) is 12.0 Å². The van der Waals surface area contributed by atoms with Gasteiger partial charge in [0.15, 0.2) is 0 Å². The molecule has 1 atom stereocenters. The second-order valence-corrected chi connectivity index (χ2v) is 5.17. The van der Waals surface area contributed by atoms with Crippen molar-refractivity contribution in [1.82, 2.24) is 4.90 Å². The van der Waals surface area contributed by atoms with Crippen LogP contribution in [0.1, 0.15) is 13.3 Å². The highest BCUT2D eigenvalue weighted by Gasteiger charge is 2.35. The van der Waals surface area contributed by atoms with E-state index in [1.807, 2.05) is 31.0 Å². The summed E-state index contributed by atoms with van der Waals surface area (Å²) in [5.41, 5.74) is 0. The lowest BCUT2D eigenvalue weighted by Gasteiger charge is -2.39. The molecule has 0 saturated carbocycles. The summed E-state index contributed by atoms with van der Waals surface area (Å²) in [4.78, 5) is 12.5. The molecule has 0 N–H and O–H groups in total. The Kier molecular flexibility index (Phi) is 5.49. The fourth-order valence-electron chi connectivity index (χ4n) is 1.17. The van der Waals surface area contributed by atoms with Gasteiger partial charge in [-0.1, -0.05) is 18.7 Å². The Labute approximate surface area is 105 Å². The lowest BCUT2D eigenvalue weighted by atomic mass is 10.2. The number of β-lactam (4-membered cyclic amide) rings is 1. The maximum absolute atomic E-state index is 10.7. The fourth-order valence-corrected chi connectivity index (χ4v) is 2.44. The van der Waals surface area contributed by atoms with Crippen LogP contribution in [0.25, 0.3) is 0 Å². The van der Waals surface area contributed by atoms with Gasteiger partial charge in [-0.25, -0.2) is 0 Å². The van der Waals surface area contributed by atoms with Crippen LogP contribution in [0.3, 0.4) is 0 Å². The van der Waals surface area contributed by atoms with E-state index in [4.69, 9.17) is 0 Å². The van der Waals surface area contributed by atoms with Crippen LogP contribution in [0.4, 0.5) is 0 Å². The van der Waals surface area contributed by atoms with Gasteiger partial charge in [-0.15, -0.1) is 11.8 Å². The number of hydrogen-bond donors (Lipinski definition) is 1. The van der Waals surface area contributed by atoms with Crippen molar-refractivity contribution in [3.05, 3.63) is 12.3 Å². The van der Waals surface area contributed by atoms with Gasteiger partial charge >= 0.3 is 0 Å². The van der Waals surface area contributed by atoms with E-state index in [1.165, 1.54) is 0 Å². The zero-order valence-corrected chi connectivity index (χ0v) is 10.9. The van der Waals surface area contributed by atoms with Crippen LogP contribution in [-0.2, 0) is 9.53 Å². The maximum Gasteiger partial charge on any atom is 0.230 e. The molecule has 1 amide bonds. The lowest BCUT2D eigenvalue weighted by Crippen LogP contribution is -2.48. The molecule has 2 rings (SSSR count). The molecule has 0 aliphatic carbocycles. The number of hydrogen-bond acceptors (Lipinski definition) is 4. The van der Waals surface area contributed by atoms with Crippen LogP contribution < -0.4 is 0 Å². The SMILES string of the molecule is CCOC(=S)S.O=C1C[C@H]2SCC=CN12. The molecule has 0 spiro atoms. The van der Waals surface area contributed by atoms with E-state index < -0.39 is 0 Å². The van der Waals surface area contributed by atoms with E-state index in [0.29, 0.717) is 16.4 Å². The first-order valence-corrected chi connectivity index (χ1v) is 6.50. The van der Waals surface area contributed by atoms with Gasteiger partial charge in [0.25, 0.3) is 0 Å². The molecule has 84 valence electrons. The zero-order chi connectivity index (χ0) is 11.3. The van der Waals surface area contributed by atoms with Crippen LogP contribution in [0.2, 0.25) is 0 Å². The quantitative estimate of drug-likeness (QED) is 0.445. The first kappa shape index (κ1) is 12.9. The third kappa shape index (κ3) is 4.04. The predicted octanol–water partition coefficient (Wildman–Crippen LogP) is 2.04. The second-order valence-electron chi connectivity index (χ2n) is 2.88. The van der Waals surface area contributed by atoms with Gasteiger partial charge in [-0.05, 0) is 19.1 Å². The monoisotopic (exact) mass is 263 g/mol. The number of carbonyl (C=O) groups excluding carboxylic acids is 1. The van der Waals surface area contributed by atoms with Gasteiger partial charge in [0.2, 0.25) is 10.3 Å². The van der Waals surface area contributed by atoms with E-state index >= 15 is 0 Å². The normalized spacial score (nSPS) is 22.1. The highest BCUT2D eigenvalue weighted by Crippen LogP contribution is 2.32. The molecule has 2 heterocycles. The van der Waals surface area contributed by atoms with Crippen molar-refractivity contribution >= 4 is 46.9 Å². The third-order valence-electron chi connectivity index (χ3n) is 1.87. The minimum atomic E-state index is 0.267. The Bertz CT molecular complexity index is 281. The topological polar surface area (TPSA) is 29.5 Å². The molecule has 0 radical (unpaired) electrons. The van der Waals surface area contributed by atoms with Gasteiger partial charge in [0.1, 0.15) is 0 Å². The Hall–Kier alpha value is -0.200. The first-order valence-electron chi connectivity index (χ1n) is 4.60. The van der Waals surface area contributed by atoms with Gasteiger partial charge < -0.3 is 9.64 Å². The van der Waals surface area contributed by atoms with Crippen molar-refractivity contribution in [3.8, 4) is 0 Å². The molecular formula is C9H13NO2S3. The van der Waals surface area contributed by atoms with Gasteiger partial charge in [-0.2, -0.15) is 0 Å². The van der Waals surface area contributed by atoms with Crippen LogP contribution in [0, 0.1) is 0 Å². The number of rotatable bonds is 1. The predicted molar refractivity (Wildman–Crippen MR) is 70.1 cm³/mol. The van der Waals surface area contributed by atoms with Gasteiger partial charge in [-0.3, -0.25) is 4.79 Å². The number of thiol groups is 1. The number of nitrogens with zero attached hydrogens (tertiary/aromatic N) is 1. The molecule has 0 unspecified atom stereocenters.